The molecule has 1 saturated heterocycles. The number of rotatable bonds is 4. The maximum absolute atomic E-state index is 12.5. The third kappa shape index (κ3) is 4.81. The summed E-state index contributed by atoms with van der Waals surface area (Å²) in [5.74, 6) is -0.629. The number of thiazole rings is 1. The number of halogens is 1. The Morgan fingerprint density at radius 2 is 1.87 bits per heavy atom. The molecule has 0 aliphatic carbocycles. The first-order valence-electron chi connectivity index (χ1n) is 9.48. The van der Waals surface area contributed by atoms with Crippen molar-refractivity contribution in [2.24, 2.45) is 0 Å². The number of anilines is 2. The van der Waals surface area contributed by atoms with Crippen LogP contribution in [-0.4, -0.2) is 44.7 Å². The maximum Gasteiger partial charge on any atom is 0.327 e. The first kappa shape index (κ1) is 21.5. The third-order valence-corrected chi connectivity index (χ3v) is 7.26. The second-order valence-electron chi connectivity index (χ2n) is 7.19. The number of carbonyl (C=O) groups is 2. The Hall–Kier alpha value is -2.69. The molecule has 2 heterocycles. The summed E-state index contributed by atoms with van der Waals surface area (Å²) in [7, 11) is -3.35. The zero-order chi connectivity index (χ0) is 22.2. The number of benzene rings is 2. The van der Waals surface area contributed by atoms with Crippen LogP contribution < -0.4 is 15.5 Å². The first-order valence-corrected chi connectivity index (χ1v) is 12.6. The quantitative estimate of drug-likeness (QED) is 0.588. The van der Waals surface area contributed by atoms with Gasteiger partial charge in [-0.3, -0.25) is 15.4 Å². The molecular weight excluding hydrogens is 460 g/mol. The van der Waals surface area contributed by atoms with Gasteiger partial charge in [0.15, 0.2) is 15.0 Å². The van der Waals surface area contributed by atoms with E-state index in [1.54, 1.807) is 18.2 Å². The van der Waals surface area contributed by atoms with Crippen LogP contribution in [0.1, 0.15) is 23.2 Å². The molecule has 2 aromatic carbocycles. The smallest absolute Gasteiger partial charge is 0.327 e. The van der Waals surface area contributed by atoms with Gasteiger partial charge in [0.2, 0.25) is 0 Å². The van der Waals surface area contributed by atoms with Crippen molar-refractivity contribution in [1.82, 2.24) is 10.3 Å². The molecule has 3 amide bonds. The van der Waals surface area contributed by atoms with Crippen molar-refractivity contribution in [3.8, 4) is 0 Å². The summed E-state index contributed by atoms with van der Waals surface area (Å²) >= 11 is 7.38. The Labute approximate surface area is 188 Å². The Kier molecular flexibility index (Phi) is 5.87. The molecule has 11 heteroatoms. The van der Waals surface area contributed by atoms with Crippen molar-refractivity contribution >= 4 is 65.7 Å². The number of imide groups is 1. The number of nitrogens with one attached hydrogen (secondary N) is 2. The number of hydrogen-bond donors (Lipinski definition) is 2. The maximum atomic E-state index is 12.5. The fourth-order valence-corrected chi connectivity index (χ4v) is 5.23. The van der Waals surface area contributed by atoms with Gasteiger partial charge in [0, 0.05) is 25.0 Å². The Balaban J connectivity index is 1.44. The fraction of sp³-hybridized carbons (Fsp3) is 0.250. The highest BCUT2D eigenvalue weighted by atomic mass is 35.5. The van der Waals surface area contributed by atoms with E-state index in [4.69, 9.17) is 11.6 Å². The summed E-state index contributed by atoms with van der Waals surface area (Å²) in [6.07, 6.45) is 3.37. The summed E-state index contributed by atoms with van der Waals surface area (Å²) in [6, 6.07) is 8.91. The third-order valence-electron chi connectivity index (χ3n) is 4.90. The van der Waals surface area contributed by atoms with Crippen molar-refractivity contribution in [2.45, 2.75) is 17.7 Å². The SMILES string of the molecule is CS(=O)(=O)c1ccc2nc(NC(=O)NC(=O)c3ccc(N4CCCC4)cc3Cl)sc2c1. The molecule has 0 radical (unpaired) electrons. The lowest BCUT2D eigenvalue weighted by molar-refractivity contribution is 0.0967. The zero-order valence-corrected chi connectivity index (χ0v) is 18.9. The van der Waals surface area contributed by atoms with Crippen molar-refractivity contribution < 1.29 is 18.0 Å². The molecule has 8 nitrogen and oxygen atoms in total. The molecular formula is C20H19ClN4O4S2. The number of hydrogen-bond acceptors (Lipinski definition) is 7. The summed E-state index contributed by atoms with van der Waals surface area (Å²) in [6.45, 7) is 1.91. The van der Waals surface area contributed by atoms with Gasteiger partial charge in [0.05, 0.1) is 25.7 Å². The van der Waals surface area contributed by atoms with E-state index in [0.717, 1.165) is 49.2 Å². The van der Waals surface area contributed by atoms with Gasteiger partial charge in [-0.25, -0.2) is 18.2 Å². The van der Waals surface area contributed by atoms with E-state index in [1.165, 1.54) is 12.1 Å². The number of urea groups is 1. The molecule has 1 aromatic heterocycles. The Bertz CT molecular complexity index is 1280. The van der Waals surface area contributed by atoms with Crippen LogP contribution in [0.25, 0.3) is 10.2 Å². The molecule has 2 N–H and O–H groups in total. The van der Waals surface area contributed by atoms with Crippen molar-refractivity contribution in [3.05, 3.63) is 47.0 Å². The zero-order valence-electron chi connectivity index (χ0n) is 16.5. The minimum absolute atomic E-state index is 0.168. The van der Waals surface area contributed by atoms with Gasteiger partial charge >= 0.3 is 6.03 Å². The topological polar surface area (TPSA) is 108 Å². The lowest BCUT2D eigenvalue weighted by Crippen LogP contribution is -2.34. The van der Waals surface area contributed by atoms with Crippen LogP contribution in [0.15, 0.2) is 41.3 Å². The van der Waals surface area contributed by atoms with E-state index in [1.807, 2.05) is 6.07 Å². The normalized spacial score (nSPS) is 14.1. The predicted octanol–water partition coefficient (Wildman–Crippen LogP) is 3.92. The van der Waals surface area contributed by atoms with Crippen LogP contribution in [0.4, 0.5) is 15.6 Å². The average molecular weight is 479 g/mol. The second-order valence-corrected chi connectivity index (χ2v) is 10.6. The van der Waals surface area contributed by atoms with Gasteiger partial charge in [-0.05, 0) is 49.2 Å². The molecule has 0 spiro atoms. The van der Waals surface area contributed by atoms with Crippen LogP contribution in [-0.2, 0) is 9.84 Å². The van der Waals surface area contributed by atoms with Gasteiger partial charge < -0.3 is 4.90 Å². The molecule has 1 aliphatic heterocycles. The van der Waals surface area contributed by atoms with Gasteiger partial charge in [-0.15, -0.1) is 0 Å². The largest absolute Gasteiger partial charge is 0.371 e. The minimum atomic E-state index is -3.35. The Morgan fingerprint density at radius 1 is 1.13 bits per heavy atom. The molecule has 3 aromatic rings. The molecule has 31 heavy (non-hydrogen) atoms. The van der Waals surface area contributed by atoms with Crippen LogP contribution in [0.3, 0.4) is 0 Å². The number of aromatic nitrogens is 1. The van der Waals surface area contributed by atoms with Gasteiger partial charge in [0.1, 0.15) is 0 Å². The summed E-state index contributed by atoms with van der Waals surface area (Å²) in [5.41, 5.74) is 1.69. The van der Waals surface area contributed by atoms with Crippen LogP contribution in [0.5, 0.6) is 0 Å². The monoisotopic (exact) mass is 478 g/mol. The minimum Gasteiger partial charge on any atom is -0.371 e. The van der Waals surface area contributed by atoms with E-state index >= 15 is 0 Å². The molecule has 162 valence electrons. The van der Waals surface area contributed by atoms with E-state index in [0.29, 0.717) is 10.2 Å². The molecule has 1 aliphatic rings. The van der Waals surface area contributed by atoms with Gasteiger partial charge in [-0.1, -0.05) is 22.9 Å². The van der Waals surface area contributed by atoms with Gasteiger partial charge in [0.25, 0.3) is 5.91 Å². The van der Waals surface area contributed by atoms with Crippen molar-refractivity contribution in [1.29, 1.82) is 0 Å². The number of carbonyl (C=O) groups excluding carboxylic acids is 2. The van der Waals surface area contributed by atoms with Crippen LogP contribution in [0, 0.1) is 0 Å². The fourth-order valence-electron chi connectivity index (χ4n) is 3.35. The number of nitrogens with zero attached hydrogens (tertiary/aromatic N) is 2. The van der Waals surface area contributed by atoms with Gasteiger partial charge in [-0.2, -0.15) is 0 Å². The van der Waals surface area contributed by atoms with E-state index in [9.17, 15) is 18.0 Å². The summed E-state index contributed by atoms with van der Waals surface area (Å²) in [4.78, 5) is 31.3. The lowest BCUT2D eigenvalue weighted by atomic mass is 10.2. The average Bonchev–Trinajstić information content (AvgIpc) is 3.35. The highest BCUT2D eigenvalue weighted by molar-refractivity contribution is 7.90. The number of amides is 3. The van der Waals surface area contributed by atoms with Crippen molar-refractivity contribution in [3.63, 3.8) is 0 Å². The molecule has 0 unspecified atom stereocenters. The molecule has 4 rings (SSSR count). The second kappa shape index (κ2) is 8.45. The summed E-state index contributed by atoms with van der Waals surface area (Å²) in [5, 5.41) is 5.24. The number of fused-ring (bicyclic) bond motifs is 1. The van der Waals surface area contributed by atoms with E-state index < -0.39 is 21.8 Å². The molecule has 0 saturated carbocycles. The highest BCUT2D eigenvalue weighted by Gasteiger charge is 2.18. The lowest BCUT2D eigenvalue weighted by Gasteiger charge is -2.18. The van der Waals surface area contributed by atoms with Crippen molar-refractivity contribution in [2.75, 3.05) is 29.6 Å². The van der Waals surface area contributed by atoms with E-state index in [2.05, 4.69) is 20.5 Å². The predicted molar refractivity (Wildman–Crippen MR) is 122 cm³/mol. The highest BCUT2D eigenvalue weighted by Crippen LogP contribution is 2.29. The first-order chi connectivity index (χ1) is 14.7. The molecule has 0 atom stereocenters. The van der Waals surface area contributed by atoms with E-state index in [-0.39, 0.29) is 20.6 Å². The number of sulfone groups is 1. The van der Waals surface area contributed by atoms with Crippen LogP contribution >= 0.6 is 22.9 Å². The molecule has 1 fully saturated rings. The Morgan fingerprint density at radius 3 is 2.55 bits per heavy atom. The standard InChI is InChI=1S/C20H19ClN4O4S2/c1-31(28,29)13-5-7-16-17(11-13)30-20(22-16)24-19(27)23-18(26)14-6-4-12(10-15(14)21)25-8-2-3-9-25/h4-7,10-11H,2-3,8-9H2,1H3,(H2,22,23,24,26,27). The molecule has 0 bridgehead atoms. The van der Waals surface area contributed by atoms with Crippen LogP contribution in [0.2, 0.25) is 5.02 Å². The summed E-state index contributed by atoms with van der Waals surface area (Å²) < 4.78 is 24.0.